The second kappa shape index (κ2) is 6.80. The molecule has 0 heterocycles. The van der Waals surface area contributed by atoms with Crippen LogP contribution in [-0.2, 0) is 11.2 Å². The van der Waals surface area contributed by atoms with E-state index in [1.807, 2.05) is 0 Å². The van der Waals surface area contributed by atoms with Gasteiger partial charge in [0.1, 0.15) is 17.4 Å². The molecule has 1 amide bonds. The molecule has 22 heavy (non-hydrogen) atoms. The Morgan fingerprint density at radius 3 is 2.59 bits per heavy atom. The molecule has 0 aliphatic rings. The molecule has 0 radical (unpaired) electrons. The molecule has 2 aromatic rings. The van der Waals surface area contributed by atoms with Gasteiger partial charge in [-0.1, -0.05) is 12.1 Å². The zero-order chi connectivity index (χ0) is 16.1. The Bertz CT molecular complexity index is 690. The highest BCUT2D eigenvalue weighted by molar-refractivity contribution is 5.87. The summed E-state index contributed by atoms with van der Waals surface area (Å²) in [6, 6.07) is 7.89. The van der Waals surface area contributed by atoms with Gasteiger partial charge in [0.15, 0.2) is 0 Å². The number of hydrogen-bond acceptors (Lipinski definition) is 3. The lowest BCUT2D eigenvalue weighted by atomic mass is 10.1. The van der Waals surface area contributed by atoms with Gasteiger partial charge in [0.2, 0.25) is 5.91 Å². The predicted octanol–water partition coefficient (Wildman–Crippen LogP) is 2.67. The summed E-state index contributed by atoms with van der Waals surface area (Å²) in [6.45, 7) is 1.79. The number of amides is 1. The third kappa shape index (κ3) is 4.12. The molecule has 0 saturated heterocycles. The smallest absolute Gasteiger partial charge is 0.244 e. The van der Waals surface area contributed by atoms with E-state index in [-0.39, 0.29) is 17.7 Å². The van der Waals surface area contributed by atoms with Crippen molar-refractivity contribution in [1.29, 1.82) is 0 Å². The minimum Gasteiger partial charge on any atom is -0.507 e. The average molecular weight is 304 g/mol. The van der Waals surface area contributed by atoms with Gasteiger partial charge in [0.25, 0.3) is 0 Å². The van der Waals surface area contributed by atoms with E-state index in [1.54, 1.807) is 19.1 Å². The topological polar surface area (TPSA) is 61.7 Å². The Hall–Kier alpha value is -2.76. The first-order chi connectivity index (χ1) is 10.5. The summed E-state index contributed by atoms with van der Waals surface area (Å²) in [7, 11) is 0. The Labute approximate surface area is 126 Å². The second-order valence-corrected chi connectivity index (χ2v) is 4.76. The number of nitrogens with one attached hydrogen (secondary N) is 1. The van der Waals surface area contributed by atoms with E-state index in [0.717, 1.165) is 23.8 Å². The molecular weight excluding hydrogens is 290 g/mol. The van der Waals surface area contributed by atoms with Crippen LogP contribution in [-0.4, -0.2) is 17.2 Å². The molecule has 0 fully saturated rings. The van der Waals surface area contributed by atoms with Gasteiger partial charge in [0, 0.05) is 11.6 Å². The molecule has 0 aromatic heterocycles. The van der Waals surface area contributed by atoms with Gasteiger partial charge >= 0.3 is 0 Å². The standard InChI is InChI=1S/C16H14F2N2O2/c1-10-3-2-4-15(21)14(10)9-19-20-16(22)7-11-5-12(17)8-13(18)6-11/h2-6,8-9,21H,7H2,1H3,(H,20,22)/b19-9+. The Morgan fingerprint density at radius 1 is 1.27 bits per heavy atom. The molecule has 0 saturated carbocycles. The zero-order valence-corrected chi connectivity index (χ0v) is 11.8. The monoisotopic (exact) mass is 304 g/mol. The number of carbonyl (C=O) groups is 1. The number of hydrazone groups is 1. The predicted molar refractivity (Wildman–Crippen MR) is 78.6 cm³/mol. The van der Waals surface area contributed by atoms with E-state index in [9.17, 15) is 18.7 Å². The van der Waals surface area contributed by atoms with Crippen LogP contribution in [0.5, 0.6) is 5.75 Å². The van der Waals surface area contributed by atoms with Gasteiger partial charge in [-0.25, -0.2) is 14.2 Å². The summed E-state index contributed by atoms with van der Waals surface area (Å²) in [4.78, 5) is 11.7. The summed E-state index contributed by atoms with van der Waals surface area (Å²) in [5.41, 5.74) is 3.74. The number of aromatic hydroxyl groups is 1. The Kier molecular flexibility index (Phi) is 4.83. The minimum atomic E-state index is -0.740. The van der Waals surface area contributed by atoms with Gasteiger partial charge < -0.3 is 5.11 Å². The fraction of sp³-hybridized carbons (Fsp3) is 0.125. The molecule has 2 N–H and O–H groups in total. The van der Waals surface area contributed by atoms with Crippen molar-refractivity contribution in [2.75, 3.05) is 0 Å². The van der Waals surface area contributed by atoms with Crippen LogP contribution < -0.4 is 5.43 Å². The Morgan fingerprint density at radius 2 is 1.95 bits per heavy atom. The first-order valence-corrected chi connectivity index (χ1v) is 6.51. The minimum absolute atomic E-state index is 0.0465. The fourth-order valence-electron chi connectivity index (χ4n) is 1.94. The molecule has 114 valence electrons. The van der Waals surface area contributed by atoms with Crippen LogP contribution in [0.1, 0.15) is 16.7 Å². The number of phenolic OH excluding ortho intramolecular Hbond substituents is 1. The molecule has 0 atom stereocenters. The quantitative estimate of drug-likeness (QED) is 0.674. The van der Waals surface area contributed by atoms with Crippen LogP contribution in [0, 0.1) is 18.6 Å². The number of nitrogens with zero attached hydrogens (tertiary/aromatic N) is 1. The van der Waals surface area contributed by atoms with Crippen LogP contribution in [0.3, 0.4) is 0 Å². The number of aryl methyl sites for hydroxylation is 1. The van der Waals surface area contributed by atoms with Crippen molar-refractivity contribution in [3.8, 4) is 5.75 Å². The molecule has 0 spiro atoms. The number of hydrogen-bond donors (Lipinski definition) is 2. The molecule has 0 aliphatic carbocycles. The molecule has 2 aromatic carbocycles. The highest BCUT2D eigenvalue weighted by Crippen LogP contribution is 2.17. The van der Waals surface area contributed by atoms with Crippen LogP contribution >= 0.6 is 0 Å². The average Bonchev–Trinajstić information content (AvgIpc) is 2.41. The van der Waals surface area contributed by atoms with Crippen molar-refractivity contribution in [2.45, 2.75) is 13.3 Å². The van der Waals surface area contributed by atoms with Crippen LogP contribution in [0.25, 0.3) is 0 Å². The van der Waals surface area contributed by atoms with E-state index in [0.29, 0.717) is 5.56 Å². The highest BCUT2D eigenvalue weighted by atomic mass is 19.1. The number of carbonyl (C=O) groups excluding carboxylic acids is 1. The molecule has 0 unspecified atom stereocenters. The van der Waals surface area contributed by atoms with Crippen molar-refractivity contribution in [3.05, 3.63) is 64.7 Å². The lowest BCUT2D eigenvalue weighted by molar-refractivity contribution is -0.120. The third-order valence-corrected chi connectivity index (χ3v) is 2.97. The normalized spacial score (nSPS) is 10.9. The second-order valence-electron chi connectivity index (χ2n) is 4.76. The van der Waals surface area contributed by atoms with E-state index in [1.165, 1.54) is 12.3 Å². The van der Waals surface area contributed by atoms with Crippen LogP contribution in [0.2, 0.25) is 0 Å². The van der Waals surface area contributed by atoms with E-state index in [4.69, 9.17) is 0 Å². The summed E-state index contributed by atoms with van der Waals surface area (Å²) >= 11 is 0. The van der Waals surface area contributed by atoms with Gasteiger partial charge in [-0.3, -0.25) is 4.79 Å². The van der Waals surface area contributed by atoms with Crippen molar-refractivity contribution in [2.24, 2.45) is 5.10 Å². The maximum absolute atomic E-state index is 13.0. The van der Waals surface area contributed by atoms with Gasteiger partial charge in [-0.05, 0) is 36.2 Å². The lowest BCUT2D eigenvalue weighted by Crippen LogP contribution is -2.20. The highest BCUT2D eigenvalue weighted by Gasteiger charge is 2.06. The van der Waals surface area contributed by atoms with Crippen molar-refractivity contribution >= 4 is 12.1 Å². The summed E-state index contributed by atoms with van der Waals surface area (Å²) in [6.07, 6.45) is 1.11. The van der Waals surface area contributed by atoms with Crippen molar-refractivity contribution in [1.82, 2.24) is 5.43 Å². The summed E-state index contributed by atoms with van der Waals surface area (Å²) in [5, 5.41) is 13.4. The number of benzene rings is 2. The van der Waals surface area contributed by atoms with E-state index < -0.39 is 17.5 Å². The van der Waals surface area contributed by atoms with Gasteiger partial charge in [0.05, 0.1) is 12.6 Å². The van der Waals surface area contributed by atoms with Gasteiger partial charge in [-0.15, -0.1) is 0 Å². The van der Waals surface area contributed by atoms with E-state index >= 15 is 0 Å². The number of halogens is 2. The molecule has 0 bridgehead atoms. The molecule has 4 nitrogen and oxygen atoms in total. The molecule has 6 heteroatoms. The lowest BCUT2D eigenvalue weighted by Gasteiger charge is -2.03. The summed E-state index contributed by atoms with van der Waals surface area (Å²) < 4.78 is 26.0. The number of rotatable bonds is 4. The third-order valence-electron chi connectivity index (χ3n) is 2.97. The molecule has 0 aliphatic heterocycles. The van der Waals surface area contributed by atoms with Crippen LogP contribution in [0.15, 0.2) is 41.5 Å². The first-order valence-electron chi connectivity index (χ1n) is 6.51. The van der Waals surface area contributed by atoms with Crippen LogP contribution in [0.4, 0.5) is 8.78 Å². The number of phenols is 1. The SMILES string of the molecule is Cc1cccc(O)c1/C=N/NC(=O)Cc1cc(F)cc(F)c1. The summed E-state index contributed by atoms with van der Waals surface area (Å²) in [5.74, 6) is -1.95. The van der Waals surface area contributed by atoms with Crippen molar-refractivity contribution in [3.63, 3.8) is 0 Å². The molecule has 2 rings (SSSR count). The maximum Gasteiger partial charge on any atom is 0.244 e. The largest absolute Gasteiger partial charge is 0.507 e. The van der Waals surface area contributed by atoms with Crippen molar-refractivity contribution < 1.29 is 18.7 Å². The van der Waals surface area contributed by atoms with Gasteiger partial charge in [-0.2, -0.15) is 5.10 Å². The molecular formula is C16H14F2N2O2. The zero-order valence-electron chi connectivity index (χ0n) is 11.8. The Balaban J connectivity index is 1.99. The fourth-order valence-corrected chi connectivity index (χ4v) is 1.94. The maximum atomic E-state index is 13.0. The van der Waals surface area contributed by atoms with E-state index in [2.05, 4.69) is 10.5 Å². The first kappa shape index (κ1) is 15.6.